The number of imidazole rings is 1. The van der Waals surface area contributed by atoms with Gasteiger partial charge in [0.15, 0.2) is 0 Å². The molecule has 1 saturated carbocycles. The summed E-state index contributed by atoms with van der Waals surface area (Å²) in [5.41, 5.74) is 0.678. The predicted octanol–water partition coefficient (Wildman–Crippen LogP) is 3.16. The lowest BCUT2D eigenvalue weighted by molar-refractivity contribution is 0.0730. The predicted molar refractivity (Wildman–Crippen MR) is 95.5 cm³/mol. The minimum absolute atomic E-state index is 0.116. The summed E-state index contributed by atoms with van der Waals surface area (Å²) in [6, 6.07) is 3.75. The number of pyridine rings is 1. The maximum Gasteiger partial charge on any atom is 0.255 e. The first-order valence-corrected chi connectivity index (χ1v) is 9.62. The molecule has 0 radical (unpaired) electrons. The number of carbonyl (C=O) groups excluding carboxylic acids is 1. The van der Waals surface area contributed by atoms with Crippen LogP contribution in [-0.2, 0) is 0 Å². The van der Waals surface area contributed by atoms with Crippen LogP contribution in [0, 0.1) is 0 Å². The van der Waals surface area contributed by atoms with Gasteiger partial charge in [0.2, 0.25) is 0 Å². The van der Waals surface area contributed by atoms with Crippen LogP contribution >= 0.6 is 11.8 Å². The minimum Gasteiger partial charge on any atom is -0.336 e. The quantitative estimate of drug-likeness (QED) is 0.841. The van der Waals surface area contributed by atoms with Gasteiger partial charge in [-0.1, -0.05) is 19.3 Å². The average molecular weight is 342 g/mol. The lowest BCUT2D eigenvalue weighted by Crippen LogP contribution is -2.49. The molecular formula is C18H22N4OS. The monoisotopic (exact) mass is 342 g/mol. The highest BCUT2D eigenvalue weighted by Gasteiger charge is 2.38. The summed E-state index contributed by atoms with van der Waals surface area (Å²) in [7, 11) is 0. The number of thioether (sulfide) groups is 1. The van der Waals surface area contributed by atoms with Gasteiger partial charge in [-0.2, -0.15) is 11.8 Å². The van der Waals surface area contributed by atoms with Crippen molar-refractivity contribution < 1.29 is 4.79 Å². The van der Waals surface area contributed by atoms with E-state index >= 15 is 0 Å². The van der Waals surface area contributed by atoms with Crippen LogP contribution < -0.4 is 0 Å². The highest BCUT2D eigenvalue weighted by molar-refractivity contribution is 8.00. The fourth-order valence-electron chi connectivity index (χ4n) is 3.76. The van der Waals surface area contributed by atoms with Crippen LogP contribution in [-0.4, -0.2) is 48.9 Å². The molecule has 3 heterocycles. The number of carbonyl (C=O) groups is 1. The van der Waals surface area contributed by atoms with Crippen LogP contribution in [0.5, 0.6) is 0 Å². The first-order valence-electron chi connectivity index (χ1n) is 8.63. The van der Waals surface area contributed by atoms with E-state index in [-0.39, 0.29) is 5.91 Å². The molecule has 24 heavy (non-hydrogen) atoms. The van der Waals surface area contributed by atoms with Crippen LogP contribution in [0.25, 0.3) is 5.82 Å². The Bertz CT molecular complexity index is 687. The van der Waals surface area contributed by atoms with Crippen molar-refractivity contribution in [2.45, 2.75) is 36.9 Å². The highest BCUT2D eigenvalue weighted by Crippen LogP contribution is 2.42. The largest absolute Gasteiger partial charge is 0.336 e. The number of rotatable bonds is 2. The second kappa shape index (κ2) is 6.59. The summed E-state index contributed by atoms with van der Waals surface area (Å²) in [6.45, 7) is 1.73. The Morgan fingerprint density at radius 1 is 1.21 bits per heavy atom. The van der Waals surface area contributed by atoms with E-state index in [9.17, 15) is 4.79 Å². The SMILES string of the molecule is O=C(c1ccc(-n2ccnc2)nc1)N1CCSC2(CCCCC2)C1. The van der Waals surface area contributed by atoms with E-state index in [2.05, 4.69) is 21.7 Å². The lowest BCUT2D eigenvalue weighted by Gasteiger charge is -2.44. The molecule has 6 heteroatoms. The molecule has 0 atom stereocenters. The third-order valence-electron chi connectivity index (χ3n) is 5.06. The van der Waals surface area contributed by atoms with Crippen LogP contribution in [0.1, 0.15) is 42.5 Å². The second-order valence-corrected chi connectivity index (χ2v) is 8.26. The number of nitrogens with zero attached hydrogens (tertiary/aromatic N) is 4. The molecule has 2 fully saturated rings. The normalized spacial score (nSPS) is 20.2. The van der Waals surface area contributed by atoms with Crippen molar-refractivity contribution in [3.63, 3.8) is 0 Å². The van der Waals surface area contributed by atoms with Crippen molar-refractivity contribution >= 4 is 17.7 Å². The van der Waals surface area contributed by atoms with Gasteiger partial charge in [-0.05, 0) is 25.0 Å². The van der Waals surface area contributed by atoms with E-state index in [1.807, 2.05) is 27.8 Å². The third kappa shape index (κ3) is 3.07. The summed E-state index contributed by atoms with van der Waals surface area (Å²) >= 11 is 2.08. The average Bonchev–Trinajstić information content (AvgIpc) is 3.17. The Labute approximate surface area is 146 Å². The molecule has 0 bridgehead atoms. The fraction of sp³-hybridized carbons (Fsp3) is 0.500. The van der Waals surface area contributed by atoms with Gasteiger partial charge >= 0.3 is 0 Å². The van der Waals surface area contributed by atoms with E-state index in [1.165, 1.54) is 32.1 Å². The van der Waals surface area contributed by atoms with Crippen molar-refractivity contribution in [2.24, 2.45) is 0 Å². The van der Waals surface area contributed by atoms with E-state index < -0.39 is 0 Å². The van der Waals surface area contributed by atoms with Gasteiger partial charge in [-0.25, -0.2) is 9.97 Å². The van der Waals surface area contributed by atoms with Gasteiger partial charge in [-0.15, -0.1) is 0 Å². The lowest BCUT2D eigenvalue weighted by atomic mass is 9.87. The molecule has 2 aromatic heterocycles. The fourth-order valence-corrected chi connectivity index (χ4v) is 5.33. The zero-order valence-electron chi connectivity index (χ0n) is 13.7. The molecule has 126 valence electrons. The van der Waals surface area contributed by atoms with Crippen LogP contribution in [0.15, 0.2) is 37.1 Å². The smallest absolute Gasteiger partial charge is 0.255 e. The standard InChI is InChI=1S/C18H22N4OS/c23-17(15-4-5-16(20-12-15)22-9-8-19-14-22)21-10-11-24-18(13-21)6-2-1-3-7-18/h4-5,8-9,12,14H,1-3,6-7,10-11,13H2. The van der Waals surface area contributed by atoms with Gasteiger partial charge in [0.1, 0.15) is 12.1 Å². The van der Waals surface area contributed by atoms with Crippen molar-refractivity contribution in [2.75, 3.05) is 18.8 Å². The van der Waals surface area contributed by atoms with Crippen LogP contribution in [0.2, 0.25) is 0 Å². The van der Waals surface area contributed by atoms with Gasteiger partial charge in [0.05, 0.1) is 5.56 Å². The van der Waals surface area contributed by atoms with Gasteiger partial charge in [0.25, 0.3) is 5.91 Å². The third-order valence-corrected chi connectivity index (χ3v) is 6.60. The molecule has 1 spiro atoms. The zero-order valence-corrected chi connectivity index (χ0v) is 14.5. The van der Waals surface area contributed by atoms with Crippen molar-refractivity contribution in [3.8, 4) is 5.82 Å². The van der Waals surface area contributed by atoms with Gasteiger partial charge in [-0.3, -0.25) is 9.36 Å². The van der Waals surface area contributed by atoms with Crippen molar-refractivity contribution in [3.05, 3.63) is 42.6 Å². The van der Waals surface area contributed by atoms with Crippen molar-refractivity contribution in [1.82, 2.24) is 19.4 Å². The molecule has 4 rings (SSSR count). The molecule has 5 nitrogen and oxygen atoms in total. The number of aromatic nitrogens is 3. The maximum absolute atomic E-state index is 12.9. The summed E-state index contributed by atoms with van der Waals surface area (Å²) in [5, 5.41) is 0. The number of hydrogen-bond acceptors (Lipinski definition) is 4. The molecule has 0 aromatic carbocycles. The first kappa shape index (κ1) is 15.7. The second-order valence-electron chi connectivity index (χ2n) is 6.69. The maximum atomic E-state index is 12.9. The Balaban J connectivity index is 1.48. The van der Waals surface area contributed by atoms with E-state index in [4.69, 9.17) is 0 Å². The summed E-state index contributed by atoms with van der Waals surface area (Å²) < 4.78 is 2.14. The molecule has 2 aromatic rings. The van der Waals surface area contributed by atoms with Crippen LogP contribution in [0.4, 0.5) is 0 Å². The van der Waals surface area contributed by atoms with Crippen molar-refractivity contribution in [1.29, 1.82) is 0 Å². The van der Waals surface area contributed by atoms with E-state index in [1.54, 1.807) is 18.7 Å². The van der Waals surface area contributed by atoms with Crippen LogP contribution in [0.3, 0.4) is 0 Å². The topological polar surface area (TPSA) is 51.0 Å². The minimum atomic E-state index is 0.116. The Morgan fingerprint density at radius 2 is 2.08 bits per heavy atom. The molecule has 2 aliphatic rings. The Hall–Kier alpha value is -1.82. The molecule has 0 N–H and O–H groups in total. The first-order chi connectivity index (χ1) is 11.8. The summed E-state index contributed by atoms with van der Waals surface area (Å²) in [6.07, 6.45) is 13.4. The summed E-state index contributed by atoms with van der Waals surface area (Å²) in [4.78, 5) is 23.4. The highest BCUT2D eigenvalue weighted by atomic mass is 32.2. The zero-order chi connectivity index (χ0) is 16.4. The van der Waals surface area contributed by atoms with Gasteiger partial charge < -0.3 is 4.90 Å². The Morgan fingerprint density at radius 3 is 2.79 bits per heavy atom. The number of amides is 1. The van der Waals surface area contributed by atoms with E-state index in [0.29, 0.717) is 10.3 Å². The summed E-state index contributed by atoms with van der Waals surface area (Å²) in [5.74, 6) is 1.94. The van der Waals surface area contributed by atoms with Gasteiger partial charge in [0, 0.05) is 42.2 Å². The number of hydrogen-bond donors (Lipinski definition) is 0. The Kier molecular flexibility index (Phi) is 4.31. The molecule has 1 amide bonds. The molecule has 1 aliphatic heterocycles. The molecular weight excluding hydrogens is 320 g/mol. The van der Waals surface area contributed by atoms with E-state index in [0.717, 1.165) is 24.7 Å². The molecule has 1 saturated heterocycles. The molecule has 1 aliphatic carbocycles. The molecule has 0 unspecified atom stereocenters.